The summed E-state index contributed by atoms with van der Waals surface area (Å²) in [4.78, 5) is 0. The summed E-state index contributed by atoms with van der Waals surface area (Å²) in [5.41, 5.74) is 12.8. The lowest BCUT2D eigenvalue weighted by Gasteiger charge is -2.16. The monoisotopic (exact) mass is 334 g/mol. The fourth-order valence-electron chi connectivity index (χ4n) is 2.50. The summed E-state index contributed by atoms with van der Waals surface area (Å²) in [5.74, 6) is 2.75. The second-order valence-electron chi connectivity index (χ2n) is 5.72. The van der Waals surface area contributed by atoms with E-state index in [1.165, 1.54) is 0 Å². The zero-order chi connectivity index (χ0) is 17.5. The number of benzene rings is 3. The average Bonchev–Trinajstić information content (AvgIpc) is 2.65. The Morgan fingerprint density at radius 3 is 1.84 bits per heavy atom. The Balaban J connectivity index is 1.92. The van der Waals surface area contributed by atoms with Crippen LogP contribution in [0.2, 0.25) is 0 Å². The molecule has 0 aromatic heterocycles. The molecule has 4 nitrogen and oxygen atoms in total. The first-order chi connectivity index (χ1) is 12.3. The van der Waals surface area contributed by atoms with Crippen molar-refractivity contribution in [3.63, 3.8) is 0 Å². The summed E-state index contributed by atoms with van der Waals surface area (Å²) in [6.45, 7) is 0.540. The lowest BCUT2D eigenvalue weighted by Crippen LogP contribution is -2.15. The molecule has 0 saturated carbocycles. The van der Waals surface area contributed by atoms with Crippen molar-refractivity contribution in [2.24, 2.45) is 11.5 Å². The molecule has 4 heteroatoms. The van der Waals surface area contributed by atoms with Crippen LogP contribution in [0.3, 0.4) is 0 Å². The second kappa shape index (κ2) is 8.33. The molecule has 0 amide bonds. The van der Waals surface area contributed by atoms with Crippen LogP contribution in [-0.4, -0.2) is 6.54 Å². The molecule has 3 aromatic rings. The first kappa shape index (κ1) is 17.0. The molecule has 3 rings (SSSR count). The van der Waals surface area contributed by atoms with Crippen LogP contribution in [0.25, 0.3) is 0 Å². The van der Waals surface area contributed by atoms with Gasteiger partial charge in [0.2, 0.25) is 0 Å². The van der Waals surface area contributed by atoms with Gasteiger partial charge in [-0.15, -0.1) is 0 Å². The van der Waals surface area contributed by atoms with Crippen molar-refractivity contribution in [3.8, 4) is 23.0 Å². The zero-order valence-corrected chi connectivity index (χ0v) is 14.0. The Hall–Kier alpha value is -2.82. The first-order valence-electron chi connectivity index (χ1n) is 8.31. The number of hydrogen-bond donors (Lipinski definition) is 2. The van der Waals surface area contributed by atoms with E-state index in [1.54, 1.807) is 0 Å². The Bertz CT molecular complexity index is 792. The van der Waals surface area contributed by atoms with E-state index in [4.69, 9.17) is 20.9 Å². The number of para-hydroxylation sites is 2. The van der Waals surface area contributed by atoms with Crippen molar-refractivity contribution >= 4 is 0 Å². The normalized spacial score (nSPS) is 11.8. The summed E-state index contributed by atoms with van der Waals surface area (Å²) in [6, 6.07) is 24.8. The molecule has 25 heavy (non-hydrogen) atoms. The highest BCUT2D eigenvalue weighted by molar-refractivity contribution is 5.48. The van der Waals surface area contributed by atoms with E-state index in [0.717, 1.165) is 17.1 Å². The molecule has 0 unspecified atom stereocenters. The number of hydrogen-bond acceptors (Lipinski definition) is 4. The van der Waals surface area contributed by atoms with E-state index >= 15 is 0 Å². The van der Waals surface area contributed by atoms with Crippen molar-refractivity contribution in [2.75, 3.05) is 6.54 Å². The van der Waals surface area contributed by atoms with Gasteiger partial charge in [0.25, 0.3) is 0 Å². The van der Waals surface area contributed by atoms with Crippen LogP contribution in [0.5, 0.6) is 23.0 Å². The molecule has 3 aromatic carbocycles. The minimum atomic E-state index is -0.131. The Kier molecular flexibility index (Phi) is 5.67. The van der Waals surface area contributed by atoms with Gasteiger partial charge < -0.3 is 20.9 Å². The maximum absolute atomic E-state index is 6.19. The molecule has 0 aliphatic rings. The van der Waals surface area contributed by atoms with Crippen LogP contribution < -0.4 is 20.9 Å². The summed E-state index contributed by atoms with van der Waals surface area (Å²) >= 11 is 0. The van der Waals surface area contributed by atoms with Gasteiger partial charge in [-0.1, -0.05) is 42.5 Å². The van der Waals surface area contributed by atoms with Gasteiger partial charge in [-0.05, 0) is 54.9 Å². The van der Waals surface area contributed by atoms with E-state index in [0.29, 0.717) is 24.5 Å². The van der Waals surface area contributed by atoms with Crippen molar-refractivity contribution in [1.82, 2.24) is 0 Å². The summed E-state index contributed by atoms with van der Waals surface area (Å²) in [7, 11) is 0. The molecule has 0 aliphatic heterocycles. The highest BCUT2D eigenvalue weighted by Gasteiger charge is 2.13. The number of ether oxygens (including phenoxy) is 2. The lowest BCUT2D eigenvalue weighted by atomic mass is 10.0. The molecule has 128 valence electrons. The van der Waals surface area contributed by atoms with E-state index in [9.17, 15) is 0 Å². The van der Waals surface area contributed by atoms with Crippen molar-refractivity contribution < 1.29 is 9.47 Å². The van der Waals surface area contributed by atoms with Crippen LogP contribution >= 0.6 is 0 Å². The van der Waals surface area contributed by atoms with E-state index in [1.807, 2.05) is 78.9 Å². The molecular weight excluding hydrogens is 312 g/mol. The van der Waals surface area contributed by atoms with Gasteiger partial charge in [-0.25, -0.2) is 0 Å². The molecule has 1 atom stereocenters. The van der Waals surface area contributed by atoms with Gasteiger partial charge in [-0.3, -0.25) is 0 Å². The highest BCUT2D eigenvalue weighted by Crippen LogP contribution is 2.36. The van der Waals surface area contributed by atoms with Gasteiger partial charge in [0, 0.05) is 6.04 Å². The smallest absolute Gasteiger partial charge is 0.170 e. The van der Waals surface area contributed by atoms with Gasteiger partial charge >= 0.3 is 0 Å². The van der Waals surface area contributed by atoms with Gasteiger partial charge in [0.1, 0.15) is 11.5 Å². The first-order valence-corrected chi connectivity index (χ1v) is 8.31. The Labute approximate surface area is 148 Å². The van der Waals surface area contributed by atoms with E-state index in [-0.39, 0.29) is 6.04 Å². The highest BCUT2D eigenvalue weighted by atomic mass is 16.5. The average molecular weight is 334 g/mol. The number of rotatable bonds is 7. The molecule has 0 saturated heterocycles. The third kappa shape index (κ3) is 4.59. The molecule has 0 fully saturated rings. The van der Waals surface area contributed by atoms with Crippen LogP contribution in [0, 0.1) is 0 Å². The predicted molar refractivity (Wildman–Crippen MR) is 100 cm³/mol. The number of nitrogens with two attached hydrogens (primary N) is 2. The summed E-state index contributed by atoms with van der Waals surface area (Å²) in [5, 5.41) is 0. The van der Waals surface area contributed by atoms with Crippen molar-refractivity contribution in [1.29, 1.82) is 0 Å². The minimum absolute atomic E-state index is 0.131. The molecule has 0 aliphatic carbocycles. The Morgan fingerprint density at radius 1 is 0.720 bits per heavy atom. The molecule has 0 spiro atoms. The second-order valence-corrected chi connectivity index (χ2v) is 5.72. The molecule has 0 bridgehead atoms. The van der Waals surface area contributed by atoms with Crippen molar-refractivity contribution in [2.45, 2.75) is 12.5 Å². The largest absolute Gasteiger partial charge is 0.453 e. The van der Waals surface area contributed by atoms with Crippen LogP contribution in [0.15, 0.2) is 78.9 Å². The summed E-state index contributed by atoms with van der Waals surface area (Å²) in [6.07, 6.45) is 0.712. The van der Waals surface area contributed by atoms with E-state index < -0.39 is 0 Å². The maximum atomic E-state index is 6.19. The van der Waals surface area contributed by atoms with Crippen LogP contribution in [0.1, 0.15) is 18.0 Å². The third-order valence-electron chi connectivity index (χ3n) is 3.82. The fourth-order valence-corrected chi connectivity index (χ4v) is 2.50. The lowest BCUT2D eigenvalue weighted by molar-refractivity contribution is 0.417. The van der Waals surface area contributed by atoms with Gasteiger partial charge in [0.15, 0.2) is 11.5 Å². The third-order valence-corrected chi connectivity index (χ3v) is 3.82. The van der Waals surface area contributed by atoms with Crippen LogP contribution in [-0.2, 0) is 0 Å². The maximum Gasteiger partial charge on any atom is 0.170 e. The molecule has 0 radical (unpaired) electrons. The van der Waals surface area contributed by atoms with E-state index in [2.05, 4.69) is 0 Å². The Morgan fingerprint density at radius 2 is 1.28 bits per heavy atom. The predicted octanol–water partition coefficient (Wildman–Crippen LogP) is 4.62. The molecule has 4 N–H and O–H groups in total. The fraction of sp³-hybridized carbons (Fsp3) is 0.143. The standard InChI is InChI=1S/C21H22N2O2/c22-14-13-19(23)16-11-12-20(24-17-7-3-1-4-8-17)21(15-16)25-18-9-5-2-6-10-18/h1-12,15,19H,13-14,22-23H2/t19-/m1/s1. The quantitative estimate of drug-likeness (QED) is 0.661. The zero-order valence-electron chi connectivity index (χ0n) is 14.0. The minimum Gasteiger partial charge on any atom is -0.453 e. The molecular formula is C21H22N2O2. The summed E-state index contributed by atoms with van der Waals surface area (Å²) < 4.78 is 12.0. The SMILES string of the molecule is NCC[C@@H](N)c1ccc(Oc2ccccc2)c(Oc2ccccc2)c1. The molecule has 0 heterocycles. The van der Waals surface area contributed by atoms with Crippen LogP contribution in [0.4, 0.5) is 0 Å². The van der Waals surface area contributed by atoms with Gasteiger partial charge in [0.05, 0.1) is 0 Å². The topological polar surface area (TPSA) is 70.5 Å². The van der Waals surface area contributed by atoms with Gasteiger partial charge in [-0.2, -0.15) is 0 Å². The van der Waals surface area contributed by atoms with Crippen molar-refractivity contribution in [3.05, 3.63) is 84.4 Å².